The Morgan fingerprint density at radius 2 is 2.43 bits per heavy atom. The molecule has 2 heterocycles. The van der Waals surface area contributed by atoms with Gasteiger partial charge in [0, 0.05) is 6.20 Å². The average Bonchev–Trinajstić information content (AvgIpc) is 2.45. The number of halogens is 1. The molecule has 0 aliphatic heterocycles. The van der Waals surface area contributed by atoms with Crippen LogP contribution in [0.25, 0.3) is 11.0 Å². The highest BCUT2D eigenvalue weighted by molar-refractivity contribution is 6.35. The Morgan fingerprint density at radius 3 is 3.07 bits per heavy atom. The number of aromatic nitrogens is 3. The Morgan fingerprint density at radius 1 is 1.71 bits per heavy atom. The van der Waals surface area contributed by atoms with Crippen LogP contribution in [-0.2, 0) is 0 Å². The van der Waals surface area contributed by atoms with Crippen LogP contribution in [0, 0.1) is 0 Å². The molecule has 0 spiro atoms. The summed E-state index contributed by atoms with van der Waals surface area (Å²) in [7, 11) is 0. The van der Waals surface area contributed by atoms with Crippen molar-refractivity contribution in [1.82, 2.24) is 14.5 Å². The summed E-state index contributed by atoms with van der Waals surface area (Å²) in [6.07, 6.45) is 2.68. The molecule has 0 aliphatic rings. The van der Waals surface area contributed by atoms with E-state index in [4.69, 9.17) is 17.3 Å². The monoisotopic (exact) mass is 212 g/mol. The van der Waals surface area contributed by atoms with Crippen LogP contribution >= 0.6 is 11.6 Å². The van der Waals surface area contributed by atoms with Crippen molar-refractivity contribution in [2.45, 2.75) is 13.1 Å². The van der Waals surface area contributed by atoms with Gasteiger partial charge in [-0.15, -0.1) is 0 Å². The Hall–Kier alpha value is -1.33. The van der Waals surface area contributed by atoms with Gasteiger partial charge in [0.25, 0.3) is 5.56 Å². The molecule has 0 aromatic carbocycles. The Kier molecular flexibility index (Phi) is 2.05. The van der Waals surface area contributed by atoms with Gasteiger partial charge in [-0.05, 0) is 6.92 Å². The molecule has 0 radical (unpaired) electrons. The Labute approximate surface area is 84.5 Å². The van der Waals surface area contributed by atoms with E-state index >= 15 is 0 Å². The second-order valence-electron chi connectivity index (χ2n) is 3.06. The highest BCUT2D eigenvalue weighted by Gasteiger charge is 2.12. The summed E-state index contributed by atoms with van der Waals surface area (Å²) >= 11 is 5.89. The van der Waals surface area contributed by atoms with Gasteiger partial charge in [0.1, 0.15) is 11.0 Å². The van der Waals surface area contributed by atoms with Gasteiger partial charge in [0.2, 0.25) is 0 Å². The van der Waals surface area contributed by atoms with Crippen LogP contribution in [0.3, 0.4) is 0 Å². The van der Waals surface area contributed by atoms with E-state index in [2.05, 4.69) is 9.97 Å². The summed E-state index contributed by atoms with van der Waals surface area (Å²) < 4.78 is 1.66. The summed E-state index contributed by atoms with van der Waals surface area (Å²) in [5.41, 5.74) is 5.95. The van der Waals surface area contributed by atoms with Gasteiger partial charge >= 0.3 is 0 Å². The molecule has 0 aliphatic carbocycles. The number of aromatic amines is 1. The summed E-state index contributed by atoms with van der Waals surface area (Å²) in [4.78, 5) is 17.9. The number of nitrogens with two attached hydrogens (primary N) is 1. The van der Waals surface area contributed by atoms with Crippen molar-refractivity contribution in [3.63, 3.8) is 0 Å². The molecule has 0 bridgehead atoms. The molecule has 0 amide bonds. The molecule has 2 rings (SSSR count). The zero-order valence-electron chi connectivity index (χ0n) is 7.49. The lowest BCUT2D eigenvalue weighted by atomic mass is 10.4. The molecule has 6 heteroatoms. The maximum Gasteiger partial charge on any atom is 0.261 e. The van der Waals surface area contributed by atoms with E-state index in [9.17, 15) is 4.79 Å². The minimum Gasteiger partial charge on any atom is -0.315 e. The van der Waals surface area contributed by atoms with Crippen LogP contribution in [-0.4, -0.2) is 14.5 Å². The molecule has 2 aromatic rings. The van der Waals surface area contributed by atoms with Gasteiger partial charge < -0.3 is 15.3 Å². The van der Waals surface area contributed by atoms with Gasteiger partial charge in [0.15, 0.2) is 0 Å². The third-order valence-electron chi connectivity index (χ3n) is 2.01. The summed E-state index contributed by atoms with van der Waals surface area (Å²) in [6, 6.07) is 0. The molecule has 2 aromatic heterocycles. The number of H-pyrrole nitrogens is 1. The lowest BCUT2D eigenvalue weighted by Gasteiger charge is -2.06. The van der Waals surface area contributed by atoms with Crippen molar-refractivity contribution >= 4 is 22.6 Å². The maximum atomic E-state index is 11.4. The van der Waals surface area contributed by atoms with E-state index in [1.807, 2.05) is 0 Å². The highest BCUT2D eigenvalue weighted by atomic mass is 35.5. The molecule has 0 fully saturated rings. The zero-order valence-corrected chi connectivity index (χ0v) is 8.25. The number of fused-ring (bicyclic) bond motifs is 1. The average molecular weight is 213 g/mol. The van der Waals surface area contributed by atoms with Crippen molar-refractivity contribution in [1.29, 1.82) is 0 Å². The minimum atomic E-state index is -0.265. The lowest BCUT2D eigenvalue weighted by Crippen LogP contribution is -2.15. The summed E-state index contributed by atoms with van der Waals surface area (Å²) in [5, 5.41) is 0.748. The molecule has 14 heavy (non-hydrogen) atoms. The second kappa shape index (κ2) is 3.11. The van der Waals surface area contributed by atoms with Gasteiger partial charge in [-0.2, -0.15) is 0 Å². The predicted octanol–water partition coefficient (Wildman–Crippen LogP) is 0.855. The molecule has 74 valence electrons. The largest absolute Gasteiger partial charge is 0.315 e. The van der Waals surface area contributed by atoms with E-state index in [-0.39, 0.29) is 11.7 Å². The van der Waals surface area contributed by atoms with Crippen molar-refractivity contribution in [2.75, 3.05) is 0 Å². The number of hydrogen-bond acceptors (Lipinski definition) is 3. The van der Waals surface area contributed by atoms with Crippen molar-refractivity contribution in [2.24, 2.45) is 5.73 Å². The van der Waals surface area contributed by atoms with E-state index in [0.717, 1.165) is 0 Å². The minimum absolute atomic E-state index is 0.251. The van der Waals surface area contributed by atoms with Crippen molar-refractivity contribution in [3.05, 3.63) is 27.9 Å². The number of nitrogens with zero attached hydrogens (tertiary/aromatic N) is 2. The van der Waals surface area contributed by atoms with Crippen molar-refractivity contribution < 1.29 is 0 Å². The van der Waals surface area contributed by atoms with Crippen molar-refractivity contribution in [3.8, 4) is 0 Å². The standard InChI is InChI=1S/C8H9ClN4O/c1-4(10)13-2-5(9)6-7(13)11-3-12-8(6)14/h2-4H,10H2,1H3,(H,11,12,14). The number of rotatable bonds is 1. The third kappa shape index (κ3) is 1.21. The molecular formula is C8H9ClN4O. The van der Waals surface area contributed by atoms with E-state index in [1.165, 1.54) is 6.33 Å². The summed E-state index contributed by atoms with van der Waals surface area (Å²) in [6.45, 7) is 1.79. The fourth-order valence-corrected chi connectivity index (χ4v) is 1.64. The normalized spacial score (nSPS) is 13.4. The first kappa shape index (κ1) is 9.23. The van der Waals surface area contributed by atoms with Gasteiger partial charge in [-0.3, -0.25) is 4.79 Å². The van der Waals surface area contributed by atoms with E-state index in [1.54, 1.807) is 17.7 Å². The van der Waals surface area contributed by atoms with Crippen LogP contribution in [0.4, 0.5) is 0 Å². The van der Waals surface area contributed by atoms with Crippen LogP contribution < -0.4 is 11.3 Å². The molecular weight excluding hydrogens is 204 g/mol. The smallest absolute Gasteiger partial charge is 0.261 e. The van der Waals surface area contributed by atoms with Crippen LogP contribution in [0.5, 0.6) is 0 Å². The SMILES string of the molecule is CC(N)n1cc(Cl)c2c(=O)[nH]cnc21. The first-order valence-corrected chi connectivity index (χ1v) is 4.48. The van der Waals surface area contributed by atoms with Crippen LogP contribution in [0.2, 0.25) is 5.02 Å². The van der Waals surface area contributed by atoms with Crippen LogP contribution in [0.15, 0.2) is 17.3 Å². The molecule has 0 saturated heterocycles. The maximum absolute atomic E-state index is 11.4. The fraction of sp³-hybridized carbons (Fsp3) is 0.250. The third-order valence-corrected chi connectivity index (χ3v) is 2.29. The predicted molar refractivity (Wildman–Crippen MR) is 54.3 cm³/mol. The first-order valence-electron chi connectivity index (χ1n) is 4.10. The summed E-state index contributed by atoms with van der Waals surface area (Å²) in [5.74, 6) is 0. The van der Waals surface area contributed by atoms with E-state index < -0.39 is 0 Å². The topological polar surface area (TPSA) is 76.7 Å². The first-order chi connectivity index (χ1) is 6.61. The molecule has 0 saturated carbocycles. The Bertz CT molecular complexity index is 528. The lowest BCUT2D eigenvalue weighted by molar-refractivity contribution is 0.588. The molecule has 5 nitrogen and oxygen atoms in total. The van der Waals surface area contributed by atoms with E-state index in [0.29, 0.717) is 16.1 Å². The molecule has 1 atom stereocenters. The fourth-order valence-electron chi connectivity index (χ4n) is 1.36. The number of hydrogen-bond donors (Lipinski definition) is 2. The number of nitrogens with one attached hydrogen (secondary N) is 1. The molecule has 1 unspecified atom stereocenters. The quantitative estimate of drug-likeness (QED) is 0.736. The van der Waals surface area contributed by atoms with Crippen LogP contribution in [0.1, 0.15) is 13.1 Å². The Balaban J connectivity index is 2.91. The van der Waals surface area contributed by atoms with Gasteiger partial charge in [-0.1, -0.05) is 11.6 Å². The van der Waals surface area contributed by atoms with Gasteiger partial charge in [-0.25, -0.2) is 4.98 Å². The second-order valence-corrected chi connectivity index (χ2v) is 3.46. The zero-order chi connectivity index (χ0) is 10.3. The van der Waals surface area contributed by atoms with Gasteiger partial charge in [0.05, 0.1) is 17.5 Å². The highest BCUT2D eigenvalue weighted by Crippen LogP contribution is 2.21. The molecule has 3 N–H and O–H groups in total.